The van der Waals surface area contributed by atoms with Gasteiger partial charge in [0.25, 0.3) is 5.91 Å². The predicted molar refractivity (Wildman–Crippen MR) is 82.7 cm³/mol. The van der Waals surface area contributed by atoms with Crippen molar-refractivity contribution in [3.63, 3.8) is 0 Å². The fourth-order valence-electron chi connectivity index (χ4n) is 1.70. The monoisotopic (exact) mass is 338 g/mol. The van der Waals surface area contributed by atoms with Gasteiger partial charge in [-0.25, -0.2) is 0 Å². The molecule has 5 heteroatoms. The Morgan fingerprint density at radius 2 is 2.00 bits per heavy atom. The highest BCUT2D eigenvalue weighted by atomic mass is 79.9. The molecule has 3 nitrogen and oxygen atoms in total. The summed E-state index contributed by atoms with van der Waals surface area (Å²) in [6.07, 6.45) is 0. The number of nitrogen functional groups attached to an aromatic ring is 1. The van der Waals surface area contributed by atoms with E-state index in [2.05, 4.69) is 21.2 Å². The SMILES string of the molecule is Cc1cc(Br)cc(C(=O)Nc2cc(N)ccc2Cl)c1. The molecular formula is C14H12BrClN2O. The minimum Gasteiger partial charge on any atom is -0.399 e. The molecule has 3 N–H and O–H groups in total. The number of carbonyl (C=O) groups is 1. The Hall–Kier alpha value is -1.52. The maximum atomic E-state index is 12.2. The molecule has 0 aliphatic heterocycles. The van der Waals surface area contributed by atoms with Crippen molar-refractivity contribution in [3.8, 4) is 0 Å². The Bertz CT molecular complexity index is 623. The predicted octanol–water partition coefficient (Wildman–Crippen LogP) is 4.25. The number of amides is 1. The lowest BCUT2D eigenvalue weighted by atomic mass is 10.1. The Morgan fingerprint density at radius 3 is 2.68 bits per heavy atom. The number of rotatable bonds is 2. The van der Waals surface area contributed by atoms with Crippen molar-refractivity contribution in [3.05, 3.63) is 57.0 Å². The number of carbonyl (C=O) groups excluding carboxylic acids is 1. The minimum absolute atomic E-state index is 0.225. The van der Waals surface area contributed by atoms with Gasteiger partial charge in [0, 0.05) is 15.7 Å². The van der Waals surface area contributed by atoms with Crippen LogP contribution >= 0.6 is 27.5 Å². The molecule has 0 aliphatic rings. The maximum Gasteiger partial charge on any atom is 0.255 e. The number of benzene rings is 2. The smallest absolute Gasteiger partial charge is 0.255 e. The largest absolute Gasteiger partial charge is 0.399 e. The van der Waals surface area contributed by atoms with E-state index in [1.165, 1.54) is 0 Å². The highest BCUT2D eigenvalue weighted by Crippen LogP contribution is 2.25. The van der Waals surface area contributed by atoms with Crippen molar-refractivity contribution in [2.45, 2.75) is 6.92 Å². The van der Waals surface area contributed by atoms with Crippen molar-refractivity contribution in [2.75, 3.05) is 11.1 Å². The highest BCUT2D eigenvalue weighted by molar-refractivity contribution is 9.10. The van der Waals surface area contributed by atoms with Crippen LogP contribution < -0.4 is 11.1 Å². The zero-order valence-corrected chi connectivity index (χ0v) is 12.5. The van der Waals surface area contributed by atoms with Crippen molar-refractivity contribution < 1.29 is 4.79 Å². The molecule has 98 valence electrons. The number of aryl methyl sites for hydroxylation is 1. The molecule has 0 radical (unpaired) electrons. The van der Waals surface area contributed by atoms with E-state index < -0.39 is 0 Å². The molecule has 2 rings (SSSR count). The van der Waals surface area contributed by atoms with Crippen LogP contribution in [0.5, 0.6) is 0 Å². The number of nitrogens with one attached hydrogen (secondary N) is 1. The zero-order chi connectivity index (χ0) is 14.0. The van der Waals surface area contributed by atoms with Crippen molar-refractivity contribution >= 4 is 44.8 Å². The summed E-state index contributed by atoms with van der Waals surface area (Å²) in [4.78, 5) is 12.2. The second kappa shape index (κ2) is 5.63. The van der Waals surface area contributed by atoms with Crippen molar-refractivity contribution in [1.82, 2.24) is 0 Å². The molecule has 2 aromatic rings. The van der Waals surface area contributed by atoms with Gasteiger partial charge in [0.2, 0.25) is 0 Å². The molecule has 0 spiro atoms. The second-order valence-corrected chi connectivity index (χ2v) is 5.53. The first-order chi connectivity index (χ1) is 8.95. The van der Waals surface area contributed by atoms with Gasteiger partial charge in [-0.2, -0.15) is 0 Å². The summed E-state index contributed by atoms with van der Waals surface area (Å²) < 4.78 is 0.858. The van der Waals surface area contributed by atoms with Crippen LogP contribution in [0.1, 0.15) is 15.9 Å². The lowest BCUT2D eigenvalue weighted by Gasteiger charge is -2.09. The van der Waals surface area contributed by atoms with E-state index in [1.807, 2.05) is 13.0 Å². The van der Waals surface area contributed by atoms with Crippen molar-refractivity contribution in [1.29, 1.82) is 0 Å². The maximum absolute atomic E-state index is 12.2. The Kier molecular flexibility index (Phi) is 4.12. The van der Waals surface area contributed by atoms with E-state index >= 15 is 0 Å². The lowest BCUT2D eigenvalue weighted by molar-refractivity contribution is 0.102. The third kappa shape index (κ3) is 3.49. The van der Waals surface area contributed by atoms with E-state index in [-0.39, 0.29) is 5.91 Å². The summed E-state index contributed by atoms with van der Waals surface area (Å²) >= 11 is 9.38. The molecule has 0 atom stereocenters. The normalized spacial score (nSPS) is 10.3. The fraction of sp³-hybridized carbons (Fsp3) is 0.0714. The molecular weight excluding hydrogens is 328 g/mol. The summed E-state index contributed by atoms with van der Waals surface area (Å²) in [6, 6.07) is 10.5. The van der Waals surface area contributed by atoms with Gasteiger partial charge in [0.05, 0.1) is 10.7 Å². The van der Waals surface area contributed by atoms with E-state index in [0.717, 1.165) is 10.0 Å². The van der Waals surface area contributed by atoms with Gasteiger partial charge >= 0.3 is 0 Å². The first kappa shape index (κ1) is 13.9. The average Bonchev–Trinajstić information content (AvgIpc) is 2.32. The number of hydrogen-bond donors (Lipinski definition) is 2. The molecule has 0 unspecified atom stereocenters. The summed E-state index contributed by atoms with van der Waals surface area (Å²) in [5, 5.41) is 3.20. The molecule has 0 fully saturated rings. The molecule has 0 aliphatic carbocycles. The highest BCUT2D eigenvalue weighted by Gasteiger charge is 2.10. The second-order valence-electron chi connectivity index (χ2n) is 4.21. The van der Waals surface area contributed by atoms with Crippen LogP contribution in [0, 0.1) is 6.92 Å². The summed E-state index contributed by atoms with van der Waals surface area (Å²) in [6.45, 7) is 1.93. The van der Waals surface area contributed by atoms with Gasteiger partial charge in [-0.3, -0.25) is 4.79 Å². The number of nitrogens with two attached hydrogens (primary N) is 1. The van der Waals surface area contributed by atoms with Crippen LogP contribution in [0.4, 0.5) is 11.4 Å². The average molecular weight is 340 g/mol. The molecule has 0 heterocycles. The molecule has 0 bridgehead atoms. The standard InChI is InChI=1S/C14H12BrClN2O/c1-8-4-9(6-10(15)5-8)14(19)18-13-7-11(17)2-3-12(13)16/h2-7H,17H2,1H3,(H,18,19). The van der Waals surface area contributed by atoms with Gasteiger partial charge in [-0.05, 0) is 48.9 Å². The Morgan fingerprint density at radius 1 is 1.26 bits per heavy atom. The third-order valence-corrected chi connectivity index (χ3v) is 3.33. The molecule has 0 aromatic heterocycles. The summed E-state index contributed by atoms with van der Waals surface area (Å²) in [5.74, 6) is -0.225. The first-order valence-electron chi connectivity index (χ1n) is 5.59. The van der Waals surface area contributed by atoms with Gasteiger partial charge in [0.1, 0.15) is 0 Å². The quantitative estimate of drug-likeness (QED) is 0.804. The Labute approximate surface area is 124 Å². The minimum atomic E-state index is -0.225. The fourth-order valence-corrected chi connectivity index (χ4v) is 2.47. The van der Waals surface area contributed by atoms with E-state index in [4.69, 9.17) is 17.3 Å². The van der Waals surface area contributed by atoms with Crippen LogP contribution in [0.3, 0.4) is 0 Å². The number of anilines is 2. The summed E-state index contributed by atoms with van der Waals surface area (Å²) in [5.41, 5.74) is 8.28. The van der Waals surface area contributed by atoms with Gasteiger partial charge in [-0.15, -0.1) is 0 Å². The number of hydrogen-bond acceptors (Lipinski definition) is 2. The third-order valence-electron chi connectivity index (χ3n) is 2.54. The zero-order valence-electron chi connectivity index (χ0n) is 10.2. The molecule has 1 amide bonds. The van der Waals surface area contributed by atoms with Crippen LogP contribution in [0.2, 0.25) is 5.02 Å². The Balaban J connectivity index is 2.28. The van der Waals surface area contributed by atoms with Crippen LogP contribution in [0.25, 0.3) is 0 Å². The lowest BCUT2D eigenvalue weighted by Crippen LogP contribution is -2.12. The topological polar surface area (TPSA) is 55.1 Å². The van der Waals surface area contributed by atoms with Crippen molar-refractivity contribution in [2.24, 2.45) is 0 Å². The molecule has 19 heavy (non-hydrogen) atoms. The van der Waals surface area contributed by atoms with Gasteiger partial charge < -0.3 is 11.1 Å². The molecule has 0 saturated carbocycles. The number of halogens is 2. The summed E-state index contributed by atoms with van der Waals surface area (Å²) in [7, 11) is 0. The molecule has 0 saturated heterocycles. The van der Waals surface area contributed by atoms with Gasteiger partial charge in [0.15, 0.2) is 0 Å². The van der Waals surface area contributed by atoms with E-state index in [0.29, 0.717) is 22.0 Å². The van der Waals surface area contributed by atoms with Crippen LogP contribution in [-0.2, 0) is 0 Å². The van der Waals surface area contributed by atoms with Gasteiger partial charge in [-0.1, -0.05) is 27.5 Å². The molecule has 2 aromatic carbocycles. The van der Waals surface area contributed by atoms with Crippen LogP contribution in [0.15, 0.2) is 40.9 Å². The van der Waals surface area contributed by atoms with E-state index in [1.54, 1.807) is 30.3 Å². The first-order valence-corrected chi connectivity index (χ1v) is 6.76. The van der Waals surface area contributed by atoms with E-state index in [9.17, 15) is 4.79 Å². The van der Waals surface area contributed by atoms with Crippen LogP contribution in [-0.4, -0.2) is 5.91 Å².